The zero-order valence-electron chi connectivity index (χ0n) is 11.0. The summed E-state index contributed by atoms with van der Waals surface area (Å²) < 4.78 is 26.3. The van der Waals surface area contributed by atoms with E-state index < -0.39 is 0 Å². The Morgan fingerprint density at radius 3 is 2.76 bits per heavy atom. The molecule has 4 rings (SSSR count). The number of ether oxygens (including phenoxy) is 2. The molecule has 0 unspecified atom stereocenters. The maximum Gasteiger partial charge on any atom is 0.231 e. The fourth-order valence-electron chi connectivity index (χ4n) is 2.40. The first-order valence-electron chi connectivity index (χ1n) is 6.52. The lowest BCUT2D eigenvalue weighted by Gasteiger charge is -2.09. The predicted molar refractivity (Wildman–Crippen MR) is 75.1 cm³/mol. The monoisotopic (exact) mass is 282 g/mol. The SMILES string of the molecule is Fc1ccccc1-c1ccnn1-c1ccc2c(c1)OCO2. The van der Waals surface area contributed by atoms with Crippen molar-refractivity contribution < 1.29 is 13.9 Å². The van der Waals surface area contributed by atoms with Crippen LogP contribution in [0.5, 0.6) is 11.5 Å². The van der Waals surface area contributed by atoms with Crippen LogP contribution in [0.3, 0.4) is 0 Å². The third-order valence-electron chi connectivity index (χ3n) is 3.39. The van der Waals surface area contributed by atoms with E-state index in [9.17, 15) is 4.39 Å². The maximum absolute atomic E-state index is 14.0. The van der Waals surface area contributed by atoms with E-state index in [0.717, 1.165) is 5.69 Å². The lowest BCUT2D eigenvalue weighted by Crippen LogP contribution is -2.00. The molecule has 0 bridgehead atoms. The van der Waals surface area contributed by atoms with Gasteiger partial charge in [0.15, 0.2) is 11.5 Å². The summed E-state index contributed by atoms with van der Waals surface area (Å²) in [4.78, 5) is 0. The second-order valence-electron chi connectivity index (χ2n) is 4.65. The van der Waals surface area contributed by atoms with Gasteiger partial charge < -0.3 is 9.47 Å². The van der Waals surface area contributed by atoms with E-state index in [1.54, 1.807) is 35.1 Å². The third-order valence-corrected chi connectivity index (χ3v) is 3.39. The van der Waals surface area contributed by atoms with E-state index in [4.69, 9.17) is 9.47 Å². The van der Waals surface area contributed by atoms with Crippen LogP contribution in [0.1, 0.15) is 0 Å². The number of rotatable bonds is 2. The van der Waals surface area contributed by atoms with Crippen molar-refractivity contribution in [3.63, 3.8) is 0 Å². The average molecular weight is 282 g/mol. The van der Waals surface area contributed by atoms with Crippen LogP contribution >= 0.6 is 0 Å². The van der Waals surface area contributed by atoms with Gasteiger partial charge in [-0.25, -0.2) is 9.07 Å². The minimum atomic E-state index is -0.278. The summed E-state index contributed by atoms with van der Waals surface area (Å²) in [6, 6.07) is 13.9. The van der Waals surface area contributed by atoms with Crippen LogP contribution in [0.25, 0.3) is 16.9 Å². The van der Waals surface area contributed by atoms with Gasteiger partial charge >= 0.3 is 0 Å². The molecule has 104 valence electrons. The first-order chi connectivity index (χ1) is 10.3. The van der Waals surface area contributed by atoms with Crippen LogP contribution in [0.15, 0.2) is 54.7 Å². The molecule has 0 spiro atoms. The van der Waals surface area contributed by atoms with Gasteiger partial charge in [0.05, 0.1) is 17.6 Å². The smallest absolute Gasteiger partial charge is 0.231 e. The second-order valence-corrected chi connectivity index (χ2v) is 4.65. The number of fused-ring (bicyclic) bond motifs is 1. The van der Waals surface area contributed by atoms with Crippen molar-refractivity contribution in [2.24, 2.45) is 0 Å². The summed E-state index contributed by atoms with van der Waals surface area (Å²) in [5.74, 6) is 1.10. The van der Waals surface area contributed by atoms with Crippen LogP contribution in [-0.4, -0.2) is 16.6 Å². The molecule has 2 aromatic carbocycles. The normalized spacial score (nSPS) is 12.6. The van der Waals surface area contributed by atoms with Crippen molar-refractivity contribution in [2.45, 2.75) is 0 Å². The molecule has 0 saturated heterocycles. The van der Waals surface area contributed by atoms with Crippen LogP contribution in [-0.2, 0) is 0 Å². The van der Waals surface area contributed by atoms with Gasteiger partial charge in [0, 0.05) is 11.6 Å². The van der Waals surface area contributed by atoms with Gasteiger partial charge in [-0.3, -0.25) is 0 Å². The lowest BCUT2D eigenvalue weighted by molar-refractivity contribution is 0.174. The molecule has 0 aliphatic carbocycles. The molecule has 5 heteroatoms. The van der Waals surface area contributed by atoms with Crippen molar-refractivity contribution >= 4 is 0 Å². The third kappa shape index (κ3) is 1.94. The topological polar surface area (TPSA) is 36.3 Å². The molecular formula is C16H11FN2O2. The number of benzene rings is 2. The quantitative estimate of drug-likeness (QED) is 0.722. The maximum atomic E-state index is 14.0. The minimum Gasteiger partial charge on any atom is -0.454 e. The van der Waals surface area contributed by atoms with Gasteiger partial charge in [0.2, 0.25) is 6.79 Å². The second kappa shape index (κ2) is 4.63. The van der Waals surface area contributed by atoms with E-state index in [0.29, 0.717) is 22.8 Å². The Balaban J connectivity index is 1.84. The zero-order valence-corrected chi connectivity index (χ0v) is 11.0. The number of nitrogens with zero attached hydrogens (tertiary/aromatic N) is 2. The largest absolute Gasteiger partial charge is 0.454 e. The standard InChI is InChI=1S/C16H11FN2O2/c17-13-4-2-1-3-12(13)14-7-8-18-19(14)11-5-6-15-16(9-11)21-10-20-15/h1-9H,10H2. The van der Waals surface area contributed by atoms with Gasteiger partial charge in [0.1, 0.15) is 5.82 Å². The molecule has 2 heterocycles. The molecule has 0 amide bonds. The molecule has 0 radical (unpaired) electrons. The first kappa shape index (κ1) is 12.0. The number of hydrogen-bond donors (Lipinski definition) is 0. The Morgan fingerprint density at radius 1 is 1.00 bits per heavy atom. The van der Waals surface area contributed by atoms with Crippen LogP contribution in [0.4, 0.5) is 4.39 Å². The van der Waals surface area contributed by atoms with E-state index in [1.165, 1.54) is 6.07 Å². The van der Waals surface area contributed by atoms with E-state index in [2.05, 4.69) is 5.10 Å². The highest BCUT2D eigenvalue weighted by Crippen LogP contribution is 2.34. The molecule has 21 heavy (non-hydrogen) atoms. The van der Waals surface area contributed by atoms with Crippen LogP contribution in [0, 0.1) is 5.82 Å². The fraction of sp³-hybridized carbons (Fsp3) is 0.0625. The lowest BCUT2D eigenvalue weighted by atomic mass is 10.1. The number of halogens is 1. The molecule has 1 aliphatic heterocycles. The summed E-state index contributed by atoms with van der Waals surface area (Å²) in [6.07, 6.45) is 1.65. The molecule has 1 aromatic heterocycles. The molecule has 0 N–H and O–H groups in total. The van der Waals surface area contributed by atoms with Gasteiger partial charge in [-0.05, 0) is 30.3 Å². The Labute approximate surface area is 120 Å². The molecule has 0 fully saturated rings. The molecule has 1 aliphatic rings. The molecular weight excluding hydrogens is 271 g/mol. The van der Waals surface area contributed by atoms with Gasteiger partial charge in [-0.1, -0.05) is 12.1 Å². The highest BCUT2D eigenvalue weighted by Gasteiger charge is 2.16. The van der Waals surface area contributed by atoms with Gasteiger partial charge in [-0.15, -0.1) is 0 Å². The van der Waals surface area contributed by atoms with E-state index in [1.807, 2.05) is 18.2 Å². The summed E-state index contributed by atoms with van der Waals surface area (Å²) in [6.45, 7) is 0.220. The molecule has 4 nitrogen and oxygen atoms in total. The summed E-state index contributed by atoms with van der Waals surface area (Å²) in [5.41, 5.74) is 1.99. The van der Waals surface area contributed by atoms with Crippen molar-refractivity contribution in [1.82, 2.24) is 9.78 Å². The zero-order chi connectivity index (χ0) is 14.2. The van der Waals surface area contributed by atoms with Crippen molar-refractivity contribution in [3.05, 3.63) is 60.5 Å². The highest BCUT2D eigenvalue weighted by atomic mass is 19.1. The van der Waals surface area contributed by atoms with E-state index in [-0.39, 0.29) is 12.6 Å². The summed E-state index contributed by atoms with van der Waals surface area (Å²) >= 11 is 0. The van der Waals surface area contributed by atoms with Crippen LogP contribution < -0.4 is 9.47 Å². The van der Waals surface area contributed by atoms with Crippen molar-refractivity contribution in [1.29, 1.82) is 0 Å². The molecule has 3 aromatic rings. The Bertz CT molecular complexity index is 814. The van der Waals surface area contributed by atoms with Gasteiger partial charge in [0.25, 0.3) is 0 Å². The van der Waals surface area contributed by atoms with E-state index >= 15 is 0 Å². The minimum absolute atomic E-state index is 0.220. The summed E-state index contributed by atoms with van der Waals surface area (Å²) in [7, 11) is 0. The van der Waals surface area contributed by atoms with Crippen molar-refractivity contribution in [3.8, 4) is 28.4 Å². The highest BCUT2D eigenvalue weighted by molar-refractivity contribution is 5.63. The Morgan fingerprint density at radius 2 is 1.86 bits per heavy atom. The Kier molecular flexibility index (Phi) is 2.64. The number of hydrogen-bond acceptors (Lipinski definition) is 3. The molecule has 0 saturated carbocycles. The summed E-state index contributed by atoms with van der Waals surface area (Å²) in [5, 5.41) is 4.28. The van der Waals surface area contributed by atoms with Crippen molar-refractivity contribution in [2.75, 3.05) is 6.79 Å². The average Bonchev–Trinajstić information content (AvgIpc) is 3.15. The first-order valence-corrected chi connectivity index (χ1v) is 6.52. The van der Waals surface area contributed by atoms with Crippen LogP contribution in [0.2, 0.25) is 0 Å². The Hall–Kier alpha value is -2.82. The molecule has 0 atom stereocenters. The number of aromatic nitrogens is 2. The van der Waals surface area contributed by atoms with Gasteiger partial charge in [-0.2, -0.15) is 5.10 Å². The fourth-order valence-corrected chi connectivity index (χ4v) is 2.40. The predicted octanol–water partition coefficient (Wildman–Crippen LogP) is 3.41.